The van der Waals surface area contributed by atoms with E-state index in [-0.39, 0.29) is 28.6 Å². The van der Waals surface area contributed by atoms with Gasteiger partial charge in [0.2, 0.25) is 11.8 Å². The zero-order valence-corrected chi connectivity index (χ0v) is 15.6. The molecule has 1 aliphatic rings. The summed E-state index contributed by atoms with van der Waals surface area (Å²) >= 11 is 1.30. The van der Waals surface area contributed by atoms with Crippen LogP contribution in [0.3, 0.4) is 0 Å². The number of carbonyl (C=O) groups excluding carboxylic acids is 2. The number of thioether (sulfide) groups is 1. The van der Waals surface area contributed by atoms with E-state index in [1.807, 2.05) is 30.0 Å². The third-order valence-electron chi connectivity index (χ3n) is 4.42. The topological polar surface area (TPSA) is 49.4 Å². The van der Waals surface area contributed by atoms with Crippen LogP contribution in [0.4, 0.5) is 15.8 Å². The lowest BCUT2D eigenvalue weighted by molar-refractivity contribution is -0.117. The zero-order valence-electron chi connectivity index (χ0n) is 14.7. The van der Waals surface area contributed by atoms with Gasteiger partial charge in [0.25, 0.3) is 0 Å². The maximum absolute atomic E-state index is 12.9. The van der Waals surface area contributed by atoms with Gasteiger partial charge >= 0.3 is 0 Å². The molecule has 1 heterocycles. The van der Waals surface area contributed by atoms with Crippen LogP contribution in [0.15, 0.2) is 48.5 Å². The van der Waals surface area contributed by atoms with Crippen LogP contribution in [-0.2, 0) is 9.59 Å². The van der Waals surface area contributed by atoms with Crippen molar-refractivity contribution in [1.29, 1.82) is 0 Å². The number of carbonyl (C=O) groups is 2. The highest BCUT2D eigenvalue weighted by atomic mass is 32.2. The van der Waals surface area contributed by atoms with Gasteiger partial charge in [-0.25, -0.2) is 4.39 Å². The maximum atomic E-state index is 12.9. The van der Waals surface area contributed by atoms with Crippen molar-refractivity contribution in [2.24, 2.45) is 0 Å². The Labute approximate surface area is 156 Å². The fourth-order valence-corrected chi connectivity index (χ4v) is 3.79. The molecule has 3 rings (SSSR count). The van der Waals surface area contributed by atoms with Gasteiger partial charge in [-0.3, -0.25) is 9.59 Å². The number of hydrogen-bond acceptors (Lipinski definition) is 3. The molecule has 136 valence electrons. The van der Waals surface area contributed by atoms with Crippen molar-refractivity contribution in [3.8, 4) is 0 Å². The van der Waals surface area contributed by atoms with E-state index in [1.165, 1.54) is 41.6 Å². The molecule has 2 aromatic rings. The number of halogens is 1. The van der Waals surface area contributed by atoms with Crippen molar-refractivity contribution in [1.82, 2.24) is 0 Å². The lowest BCUT2D eigenvalue weighted by Crippen LogP contribution is -2.36. The lowest BCUT2D eigenvalue weighted by Gasteiger charge is -2.21. The van der Waals surface area contributed by atoms with E-state index in [9.17, 15) is 14.0 Å². The first-order valence-corrected chi connectivity index (χ1v) is 9.58. The molecule has 0 spiro atoms. The maximum Gasteiger partial charge on any atom is 0.239 e. The van der Waals surface area contributed by atoms with Crippen LogP contribution in [0.25, 0.3) is 0 Å². The van der Waals surface area contributed by atoms with Crippen LogP contribution in [0.2, 0.25) is 0 Å². The molecule has 0 saturated carbocycles. The predicted molar refractivity (Wildman–Crippen MR) is 104 cm³/mol. The van der Waals surface area contributed by atoms with Crippen molar-refractivity contribution >= 4 is 35.0 Å². The van der Waals surface area contributed by atoms with E-state index in [0.29, 0.717) is 18.2 Å². The Hall–Kier alpha value is -2.34. The number of fused-ring (bicyclic) bond motifs is 1. The quantitative estimate of drug-likeness (QED) is 0.862. The van der Waals surface area contributed by atoms with Crippen molar-refractivity contribution in [2.75, 3.05) is 22.5 Å². The summed E-state index contributed by atoms with van der Waals surface area (Å²) in [5.74, 6) is -0.0707. The van der Waals surface area contributed by atoms with E-state index in [0.717, 1.165) is 5.69 Å². The summed E-state index contributed by atoms with van der Waals surface area (Å²) in [6.45, 7) is 4.61. The fraction of sp³-hybridized carbons (Fsp3) is 0.300. The molecule has 0 fully saturated rings. The molecular formula is C20H21FN2O2S. The van der Waals surface area contributed by atoms with Gasteiger partial charge in [0.15, 0.2) is 0 Å². The van der Waals surface area contributed by atoms with Gasteiger partial charge in [0.05, 0.1) is 11.0 Å². The number of nitrogens with one attached hydrogen (secondary N) is 1. The minimum absolute atomic E-state index is 0.0152. The number of anilines is 2. The van der Waals surface area contributed by atoms with Crippen molar-refractivity contribution in [3.05, 3.63) is 59.9 Å². The van der Waals surface area contributed by atoms with E-state index < -0.39 is 0 Å². The molecular weight excluding hydrogens is 351 g/mol. The van der Waals surface area contributed by atoms with Crippen molar-refractivity contribution < 1.29 is 14.0 Å². The molecule has 0 bridgehead atoms. The Morgan fingerprint density at radius 2 is 1.92 bits per heavy atom. The Morgan fingerprint density at radius 1 is 1.23 bits per heavy atom. The van der Waals surface area contributed by atoms with Gasteiger partial charge in [0, 0.05) is 23.8 Å². The number of hydrogen-bond donors (Lipinski definition) is 1. The Kier molecular flexibility index (Phi) is 5.61. The number of rotatable bonds is 5. The van der Waals surface area contributed by atoms with Gasteiger partial charge in [-0.1, -0.05) is 25.1 Å². The van der Waals surface area contributed by atoms with E-state index in [1.54, 1.807) is 0 Å². The fourth-order valence-electron chi connectivity index (χ4n) is 3.05. The molecule has 2 atom stereocenters. The Balaban J connectivity index is 1.55. The smallest absolute Gasteiger partial charge is 0.239 e. The van der Waals surface area contributed by atoms with Gasteiger partial charge in [-0.2, -0.15) is 0 Å². The van der Waals surface area contributed by atoms with E-state index in [4.69, 9.17) is 0 Å². The molecule has 26 heavy (non-hydrogen) atoms. The number of para-hydroxylation sites is 1. The van der Waals surface area contributed by atoms with Gasteiger partial charge in [0.1, 0.15) is 5.82 Å². The molecule has 4 nitrogen and oxygen atoms in total. The second-order valence-corrected chi connectivity index (χ2v) is 7.75. The van der Waals surface area contributed by atoms with Crippen molar-refractivity contribution in [2.45, 2.75) is 25.0 Å². The van der Waals surface area contributed by atoms with E-state index >= 15 is 0 Å². The SMILES string of the molecule is CC(SCC(=O)Nc1ccc(F)cc1)C(=O)N1CC(C)c2ccccc21. The molecule has 1 N–H and O–H groups in total. The summed E-state index contributed by atoms with van der Waals surface area (Å²) in [6.07, 6.45) is 0. The normalized spacial score (nSPS) is 16.9. The monoisotopic (exact) mass is 372 g/mol. The first-order valence-electron chi connectivity index (χ1n) is 8.53. The second-order valence-electron chi connectivity index (χ2n) is 6.42. The highest BCUT2D eigenvalue weighted by Gasteiger charge is 2.32. The van der Waals surface area contributed by atoms with Crippen LogP contribution in [0.1, 0.15) is 25.3 Å². The molecule has 2 aromatic carbocycles. The molecule has 0 saturated heterocycles. The molecule has 2 amide bonds. The van der Waals surface area contributed by atoms with Crippen LogP contribution in [-0.4, -0.2) is 29.4 Å². The molecule has 1 aliphatic heterocycles. The molecule has 6 heteroatoms. The largest absolute Gasteiger partial charge is 0.325 e. The molecule has 0 aliphatic carbocycles. The molecule has 2 unspecified atom stereocenters. The second kappa shape index (κ2) is 7.91. The first-order chi connectivity index (χ1) is 12.5. The van der Waals surface area contributed by atoms with Crippen LogP contribution in [0, 0.1) is 5.82 Å². The van der Waals surface area contributed by atoms with Gasteiger partial charge in [-0.05, 0) is 42.8 Å². The predicted octanol–water partition coefficient (Wildman–Crippen LogP) is 4.04. The van der Waals surface area contributed by atoms with Crippen molar-refractivity contribution in [3.63, 3.8) is 0 Å². The average Bonchev–Trinajstić information content (AvgIpc) is 2.98. The van der Waals surface area contributed by atoms with E-state index in [2.05, 4.69) is 18.3 Å². The minimum Gasteiger partial charge on any atom is -0.325 e. The highest BCUT2D eigenvalue weighted by Crippen LogP contribution is 2.36. The Bertz CT molecular complexity index is 810. The minimum atomic E-state index is -0.350. The first kappa shape index (κ1) is 18.5. The molecule has 0 aromatic heterocycles. The summed E-state index contributed by atoms with van der Waals surface area (Å²) < 4.78 is 12.9. The third kappa shape index (κ3) is 4.07. The number of amides is 2. The standard InChI is InChI=1S/C20H21FN2O2S/c1-13-11-23(18-6-4-3-5-17(13)18)20(25)14(2)26-12-19(24)22-16-9-7-15(21)8-10-16/h3-10,13-14H,11-12H2,1-2H3,(H,22,24). The number of nitrogens with zero attached hydrogens (tertiary/aromatic N) is 1. The summed E-state index contributed by atoms with van der Waals surface area (Å²) in [4.78, 5) is 26.7. The highest BCUT2D eigenvalue weighted by molar-refractivity contribution is 8.01. The number of benzene rings is 2. The summed E-state index contributed by atoms with van der Waals surface area (Å²) in [7, 11) is 0. The average molecular weight is 372 g/mol. The van der Waals surface area contributed by atoms with Gasteiger partial charge < -0.3 is 10.2 Å². The lowest BCUT2D eigenvalue weighted by atomic mass is 10.0. The van der Waals surface area contributed by atoms with Crippen LogP contribution >= 0.6 is 11.8 Å². The van der Waals surface area contributed by atoms with Crippen LogP contribution < -0.4 is 10.2 Å². The zero-order chi connectivity index (χ0) is 18.7. The third-order valence-corrected chi connectivity index (χ3v) is 5.55. The van der Waals surface area contributed by atoms with Crippen LogP contribution in [0.5, 0.6) is 0 Å². The molecule has 0 radical (unpaired) electrons. The summed E-state index contributed by atoms with van der Waals surface area (Å²) in [6, 6.07) is 13.6. The Morgan fingerprint density at radius 3 is 2.65 bits per heavy atom. The summed E-state index contributed by atoms with van der Waals surface area (Å²) in [5, 5.41) is 2.38. The summed E-state index contributed by atoms with van der Waals surface area (Å²) in [5.41, 5.74) is 2.69. The van der Waals surface area contributed by atoms with Gasteiger partial charge in [-0.15, -0.1) is 11.8 Å².